The van der Waals surface area contributed by atoms with Crippen molar-refractivity contribution < 1.29 is 22.7 Å². The van der Waals surface area contributed by atoms with E-state index in [1.165, 1.54) is 18.2 Å². The summed E-state index contributed by atoms with van der Waals surface area (Å²) in [5.41, 5.74) is 5.05. The Bertz CT molecular complexity index is 711. The summed E-state index contributed by atoms with van der Waals surface area (Å²) in [7, 11) is 0. The fourth-order valence-corrected chi connectivity index (χ4v) is 2.07. The van der Waals surface area contributed by atoms with E-state index in [9.17, 15) is 18.0 Å². The highest BCUT2D eigenvalue weighted by Crippen LogP contribution is 2.34. The number of halogens is 3. The highest BCUT2D eigenvalue weighted by atomic mass is 19.4. The van der Waals surface area contributed by atoms with Gasteiger partial charge in [0.15, 0.2) is 5.78 Å². The van der Waals surface area contributed by atoms with E-state index >= 15 is 0 Å². The predicted molar refractivity (Wildman–Crippen MR) is 81.5 cm³/mol. The van der Waals surface area contributed by atoms with Gasteiger partial charge in [-0.25, -0.2) is 0 Å². The minimum atomic E-state index is -4.54. The van der Waals surface area contributed by atoms with Crippen LogP contribution in [0.2, 0.25) is 0 Å². The zero-order chi connectivity index (χ0) is 17.0. The monoisotopic (exact) mass is 323 g/mol. The smallest absolute Gasteiger partial charge is 0.416 e. The molecule has 0 aromatic heterocycles. The number of rotatable bonds is 5. The van der Waals surface area contributed by atoms with Crippen molar-refractivity contribution in [1.29, 1.82) is 0 Å². The molecule has 0 spiro atoms. The van der Waals surface area contributed by atoms with Gasteiger partial charge in [0.2, 0.25) is 0 Å². The third-order valence-corrected chi connectivity index (χ3v) is 3.22. The number of nitrogens with two attached hydrogens (primary N) is 1. The van der Waals surface area contributed by atoms with Crippen molar-refractivity contribution in [1.82, 2.24) is 0 Å². The van der Waals surface area contributed by atoms with E-state index in [2.05, 4.69) is 0 Å². The summed E-state index contributed by atoms with van der Waals surface area (Å²) in [5, 5.41) is 0. The maximum atomic E-state index is 12.9. The summed E-state index contributed by atoms with van der Waals surface area (Å²) < 4.78 is 44.2. The van der Waals surface area contributed by atoms with Crippen molar-refractivity contribution in [2.45, 2.75) is 19.5 Å². The Hall–Kier alpha value is -2.50. The van der Waals surface area contributed by atoms with Crippen molar-refractivity contribution in [2.24, 2.45) is 0 Å². The second-order valence-corrected chi connectivity index (χ2v) is 4.97. The minimum absolute atomic E-state index is 0.119. The molecule has 0 saturated heterocycles. The van der Waals surface area contributed by atoms with Gasteiger partial charge in [0, 0.05) is 11.3 Å². The summed E-state index contributed by atoms with van der Waals surface area (Å²) in [4.78, 5) is 12.6. The molecule has 0 fully saturated rings. The molecular formula is C17H16F3NO2. The number of hydrogen-bond acceptors (Lipinski definition) is 3. The van der Waals surface area contributed by atoms with Gasteiger partial charge in [-0.1, -0.05) is 19.1 Å². The number of ketones is 1. The Morgan fingerprint density at radius 3 is 2.43 bits per heavy atom. The van der Waals surface area contributed by atoms with E-state index in [-0.39, 0.29) is 22.6 Å². The van der Waals surface area contributed by atoms with Crippen molar-refractivity contribution in [2.75, 3.05) is 12.3 Å². The first-order valence-electron chi connectivity index (χ1n) is 7.08. The summed E-state index contributed by atoms with van der Waals surface area (Å²) in [6.07, 6.45) is -3.87. The Kier molecular flexibility index (Phi) is 4.93. The lowest BCUT2D eigenvalue weighted by molar-refractivity contribution is -0.137. The lowest BCUT2D eigenvalue weighted by Crippen LogP contribution is -2.12. The molecule has 0 unspecified atom stereocenters. The van der Waals surface area contributed by atoms with Gasteiger partial charge in [0.05, 0.1) is 17.7 Å². The molecule has 0 amide bonds. The first kappa shape index (κ1) is 16.9. The van der Waals surface area contributed by atoms with Crippen LogP contribution in [0.4, 0.5) is 18.9 Å². The fourth-order valence-electron chi connectivity index (χ4n) is 2.07. The van der Waals surface area contributed by atoms with Gasteiger partial charge in [-0.05, 0) is 36.8 Å². The lowest BCUT2D eigenvalue weighted by atomic mass is 9.99. The quantitative estimate of drug-likeness (QED) is 0.659. The molecule has 122 valence electrons. The number of nitrogen functional groups attached to an aromatic ring is 1. The number of ether oxygens (including phenoxy) is 1. The molecule has 0 bridgehead atoms. The number of para-hydroxylation sites is 1. The molecule has 0 aliphatic heterocycles. The molecule has 2 aromatic carbocycles. The lowest BCUT2D eigenvalue weighted by Gasteiger charge is -2.14. The third-order valence-electron chi connectivity index (χ3n) is 3.22. The zero-order valence-electron chi connectivity index (χ0n) is 12.5. The molecule has 0 atom stereocenters. The minimum Gasteiger partial charge on any atom is -0.493 e. The SMILES string of the molecule is CCCOc1ccc(C(F)(F)F)cc1C(=O)c1ccccc1N. The van der Waals surface area contributed by atoms with Crippen LogP contribution in [-0.2, 0) is 6.18 Å². The number of anilines is 1. The average molecular weight is 323 g/mol. The first-order valence-corrected chi connectivity index (χ1v) is 7.08. The maximum Gasteiger partial charge on any atom is 0.416 e. The van der Waals surface area contributed by atoms with E-state index in [0.717, 1.165) is 12.1 Å². The van der Waals surface area contributed by atoms with Gasteiger partial charge >= 0.3 is 6.18 Å². The van der Waals surface area contributed by atoms with E-state index in [0.29, 0.717) is 13.0 Å². The van der Waals surface area contributed by atoms with Crippen LogP contribution < -0.4 is 10.5 Å². The first-order chi connectivity index (χ1) is 10.8. The van der Waals surface area contributed by atoms with Crippen LogP contribution in [0.15, 0.2) is 42.5 Å². The molecule has 0 aliphatic rings. The average Bonchev–Trinajstić information content (AvgIpc) is 2.51. The molecule has 0 heterocycles. The largest absolute Gasteiger partial charge is 0.493 e. The van der Waals surface area contributed by atoms with Crippen molar-refractivity contribution in [3.05, 3.63) is 59.2 Å². The maximum absolute atomic E-state index is 12.9. The number of hydrogen-bond donors (Lipinski definition) is 1. The topological polar surface area (TPSA) is 52.3 Å². The summed E-state index contributed by atoms with van der Waals surface area (Å²) in [6, 6.07) is 9.12. The van der Waals surface area contributed by atoms with E-state index < -0.39 is 17.5 Å². The van der Waals surface area contributed by atoms with Crippen molar-refractivity contribution in [3.8, 4) is 5.75 Å². The Balaban J connectivity index is 2.52. The van der Waals surface area contributed by atoms with Crippen LogP contribution in [0.3, 0.4) is 0 Å². The van der Waals surface area contributed by atoms with Gasteiger partial charge in [0.25, 0.3) is 0 Å². The third kappa shape index (κ3) is 3.83. The molecule has 2 aromatic rings. The standard InChI is InChI=1S/C17H16F3NO2/c1-2-9-23-15-8-7-11(17(18,19)20)10-13(15)16(22)12-5-3-4-6-14(12)21/h3-8,10H,2,9,21H2,1H3. The number of carbonyl (C=O) groups excluding carboxylic acids is 1. The predicted octanol–water partition coefficient (Wildman–Crippen LogP) is 4.31. The van der Waals surface area contributed by atoms with Crippen LogP contribution in [0.1, 0.15) is 34.8 Å². The van der Waals surface area contributed by atoms with Crippen LogP contribution in [0.5, 0.6) is 5.75 Å². The van der Waals surface area contributed by atoms with Gasteiger partial charge in [-0.15, -0.1) is 0 Å². The Labute approximate surface area is 131 Å². The number of benzene rings is 2. The van der Waals surface area contributed by atoms with E-state index in [1.54, 1.807) is 12.1 Å². The highest BCUT2D eigenvalue weighted by Gasteiger charge is 2.32. The second kappa shape index (κ2) is 6.73. The Morgan fingerprint density at radius 2 is 1.83 bits per heavy atom. The normalized spacial score (nSPS) is 11.3. The summed E-state index contributed by atoms with van der Waals surface area (Å²) >= 11 is 0. The molecule has 0 saturated carbocycles. The molecule has 2 N–H and O–H groups in total. The number of alkyl halides is 3. The van der Waals surface area contributed by atoms with Gasteiger partial charge in [-0.2, -0.15) is 13.2 Å². The zero-order valence-corrected chi connectivity index (χ0v) is 12.5. The van der Waals surface area contributed by atoms with Gasteiger partial charge < -0.3 is 10.5 Å². The van der Waals surface area contributed by atoms with E-state index in [4.69, 9.17) is 10.5 Å². The van der Waals surface area contributed by atoms with Crippen LogP contribution in [0.25, 0.3) is 0 Å². The molecule has 0 aliphatic carbocycles. The number of carbonyl (C=O) groups is 1. The molecular weight excluding hydrogens is 307 g/mol. The summed E-state index contributed by atoms with van der Waals surface area (Å²) in [5.74, 6) is -0.478. The molecule has 2 rings (SSSR count). The molecule has 3 nitrogen and oxygen atoms in total. The van der Waals surface area contributed by atoms with Gasteiger partial charge in [0.1, 0.15) is 5.75 Å². The van der Waals surface area contributed by atoms with Crippen molar-refractivity contribution in [3.63, 3.8) is 0 Å². The van der Waals surface area contributed by atoms with Crippen LogP contribution >= 0.6 is 0 Å². The van der Waals surface area contributed by atoms with Crippen LogP contribution in [-0.4, -0.2) is 12.4 Å². The van der Waals surface area contributed by atoms with E-state index in [1.807, 2.05) is 6.92 Å². The second-order valence-electron chi connectivity index (χ2n) is 4.97. The summed E-state index contributed by atoms with van der Waals surface area (Å²) in [6.45, 7) is 2.16. The van der Waals surface area contributed by atoms with Crippen LogP contribution in [0, 0.1) is 0 Å². The highest BCUT2D eigenvalue weighted by molar-refractivity contribution is 6.13. The van der Waals surface area contributed by atoms with Crippen molar-refractivity contribution >= 4 is 11.5 Å². The Morgan fingerprint density at radius 1 is 1.13 bits per heavy atom. The van der Waals surface area contributed by atoms with Gasteiger partial charge in [-0.3, -0.25) is 4.79 Å². The molecule has 23 heavy (non-hydrogen) atoms. The fraction of sp³-hybridized carbons (Fsp3) is 0.235. The molecule has 6 heteroatoms. The molecule has 0 radical (unpaired) electrons.